The van der Waals surface area contributed by atoms with Crippen molar-refractivity contribution in [1.29, 1.82) is 5.26 Å². The maximum Gasteiger partial charge on any atom is 0.151 e. The Morgan fingerprint density at radius 1 is 1.12 bits per heavy atom. The highest BCUT2D eigenvalue weighted by molar-refractivity contribution is 8.00. The van der Waals surface area contributed by atoms with E-state index in [4.69, 9.17) is 0 Å². The number of thioether (sulfide) groups is 1. The number of hydrogen-bond acceptors (Lipinski definition) is 5. The quantitative estimate of drug-likeness (QED) is 0.402. The molecule has 26 heavy (non-hydrogen) atoms. The van der Waals surface area contributed by atoms with E-state index in [0.29, 0.717) is 16.3 Å². The van der Waals surface area contributed by atoms with E-state index in [2.05, 4.69) is 18.0 Å². The fourth-order valence-electron chi connectivity index (χ4n) is 3.27. The molecule has 0 unspecified atom stereocenters. The molecular weight excluding hydrogens is 364 g/mol. The smallest absolute Gasteiger partial charge is 0.151 e. The minimum atomic E-state index is -3.01. The lowest BCUT2D eigenvalue weighted by atomic mass is 9.95. The van der Waals surface area contributed by atoms with E-state index >= 15 is 0 Å². The molecule has 144 valence electrons. The number of aromatic nitrogens is 1. The van der Waals surface area contributed by atoms with Crippen LogP contribution in [0.3, 0.4) is 0 Å². The summed E-state index contributed by atoms with van der Waals surface area (Å²) >= 11 is 1.41. The third kappa shape index (κ3) is 6.92. The third-order valence-electron chi connectivity index (χ3n) is 4.83. The van der Waals surface area contributed by atoms with Crippen molar-refractivity contribution in [3.8, 4) is 6.07 Å². The minimum Gasteiger partial charge on any atom is -0.245 e. The monoisotopic (exact) mass is 394 g/mol. The van der Waals surface area contributed by atoms with Gasteiger partial charge in [0.2, 0.25) is 0 Å². The van der Waals surface area contributed by atoms with E-state index in [0.717, 1.165) is 50.6 Å². The molecule has 0 amide bonds. The fourth-order valence-corrected chi connectivity index (χ4v) is 6.10. The van der Waals surface area contributed by atoms with Crippen molar-refractivity contribution in [1.82, 2.24) is 4.98 Å². The van der Waals surface area contributed by atoms with Gasteiger partial charge in [0.1, 0.15) is 11.1 Å². The zero-order valence-corrected chi connectivity index (χ0v) is 17.4. The highest BCUT2D eigenvalue weighted by Crippen LogP contribution is 2.27. The van der Waals surface area contributed by atoms with Crippen molar-refractivity contribution in [2.75, 3.05) is 17.3 Å². The van der Waals surface area contributed by atoms with Crippen molar-refractivity contribution < 1.29 is 8.42 Å². The summed E-state index contributed by atoms with van der Waals surface area (Å²) in [5, 5.41) is 10.1. The Morgan fingerprint density at radius 2 is 1.85 bits per heavy atom. The molecule has 0 bridgehead atoms. The van der Waals surface area contributed by atoms with Gasteiger partial charge in [-0.25, -0.2) is 13.4 Å². The average Bonchev–Trinajstić information content (AvgIpc) is 2.63. The van der Waals surface area contributed by atoms with Crippen LogP contribution in [0.1, 0.15) is 75.1 Å². The molecule has 6 heteroatoms. The number of unbranched alkanes of at least 4 members (excludes halogenated alkanes) is 5. The predicted octanol–water partition coefficient (Wildman–Crippen LogP) is 4.70. The van der Waals surface area contributed by atoms with Crippen molar-refractivity contribution in [3.63, 3.8) is 0 Å². The Bertz CT molecular complexity index is 724. The molecule has 0 saturated carbocycles. The number of sulfone groups is 1. The second-order valence-electron chi connectivity index (χ2n) is 7.03. The Balaban J connectivity index is 1.80. The van der Waals surface area contributed by atoms with E-state index in [1.54, 1.807) is 0 Å². The van der Waals surface area contributed by atoms with Crippen LogP contribution in [0.4, 0.5) is 0 Å². The highest BCUT2D eigenvalue weighted by atomic mass is 32.2. The first-order valence-corrected chi connectivity index (χ1v) is 12.6. The average molecular weight is 395 g/mol. The number of aryl methyl sites for hydroxylation is 2. The van der Waals surface area contributed by atoms with Crippen LogP contribution in [0.15, 0.2) is 11.1 Å². The lowest BCUT2D eigenvalue weighted by Crippen LogP contribution is -2.13. The SMILES string of the molecule is CCCCCCCCS(=O)(=O)CCSc1nc2c(cc1C#N)CCCC2. The summed E-state index contributed by atoms with van der Waals surface area (Å²) in [5.41, 5.74) is 2.87. The largest absolute Gasteiger partial charge is 0.245 e. The summed E-state index contributed by atoms with van der Waals surface area (Å²) in [5.74, 6) is 0.914. The van der Waals surface area contributed by atoms with Gasteiger partial charge in [0, 0.05) is 11.4 Å². The lowest BCUT2D eigenvalue weighted by Gasteiger charge is -2.16. The summed E-state index contributed by atoms with van der Waals surface area (Å²) in [6.07, 6.45) is 10.8. The van der Waals surface area contributed by atoms with Gasteiger partial charge >= 0.3 is 0 Å². The van der Waals surface area contributed by atoms with Crippen LogP contribution >= 0.6 is 11.8 Å². The second kappa shape index (κ2) is 10.9. The van der Waals surface area contributed by atoms with E-state index in [-0.39, 0.29) is 11.5 Å². The van der Waals surface area contributed by atoms with Gasteiger partial charge in [-0.3, -0.25) is 0 Å². The van der Waals surface area contributed by atoms with Crippen molar-refractivity contribution >= 4 is 21.6 Å². The molecule has 0 N–H and O–H groups in total. The van der Waals surface area contributed by atoms with Crippen molar-refractivity contribution in [2.45, 2.75) is 76.2 Å². The summed E-state index contributed by atoms with van der Waals surface area (Å²) < 4.78 is 24.4. The molecule has 1 aromatic rings. The van der Waals surface area contributed by atoms with Crippen LogP contribution in [0.2, 0.25) is 0 Å². The van der Waals surface area contributed by atoms with Crippen LogP contribution in [0, 0.1) is 11.3 Å². The number of rotatable bonds is 11. The zero-order chi connectivity index (χ0) is 18.8. The molecule has 0 spiro atoms. The molecule has 1 aliphatic rings. The van der Waals surface area contributed by atoms with Gasteiger partial charge in [-0.05, 0) is 43.7 Å². The highest BCUT2D eigenvalue weighted by Gasteiger charge is 2.17. The minimum absolute atomic E-state index is 0.163. The zero-order valence-electron chi connectivity index (χ0n) is 15.8. The van der Waals surface area contributed by atoms with E-state index in [1.807, 2.05) is 6.07 Å². The van der Waals surface area contributed by atoms with Gasteiger partial charge in [-0.1, -0.05) is 39.0 Å². The van der Waals surface area contributed by atoms with Crippen LogP contribution in [0.25, 0.3) is 0 Å². The number of nitriles is 1. The molecule has 0 fully saturated rings. The summed E-state index contributed by atoms with van der Waals surface area (Å²) in [4.78, 5) is 4.65. The third-order valence-corrected chi connectivity index (χ3v) is 7.82. The Hall–Kier alpha value is -1.06. The molecule has 0 atom stereocenters. The summed E-state index contributed by atoms with van der Waals surface area (Å²) in [6.45, 7) is 2.18. The summed E-state index contributed by atoms with van der Waals surface area (Å²) in [7, 11) is -3.01. The molecule has 1 aromatic heterocycles. The number of hydrogen-bond donors (Lipinski definition) is 0. The number of pyridine rings is 1. The van der Waals surface area contributed by atoms with Crippen LogP contribution in [-0.2, 0) is 22.7 Å². The fraction of sp³-hybridized carbons (Fsp3) is 0.700. The van der Waals surface area contributed by atoms with E-state index in [1.165, 1.54) is 36.6 Å². The first-order valence-electron chi connectivity index (χ1n) is 9.82. The van der Waals surface area contributed by atoms with Crippen molar-refractivity contribution in [3.05, 3.63) is 22.9 Å². The molecule has 1 heterocycles. The van der Waals surface area contributed by atoms with Crippen LogP contribution < -0.4 is 0 Å². The maximum absolute atomic E-state index is 12.2. The molecule has 0 aromatic carbocycles. The molecule has 2 rings (SSSR count). The predicted molar refractivity (Wildman–Crippen MR) is 108 cm³/mol. The van der Waals surface area contributed by atoms with Crippen LogP contribution in [0.5, 0.6) is 0 Å². The molecule has 4 nitrogen and oxygen atoms in total. The normalized spacial score (nSPS) is 14.0. The van der Waals surface area contributed by atoms with E-state index in [9.17, 15) is 13.7 Å². The first-order chi connectivity index (χ1) is 12.6. The van der Waals surface area contributed by atoms with E-state index < -0.39 is 9.84 Å². The Morgan fingerprint density at radius 3 is 2.62 bits per heavy atom. The van der Waals surface area contributed by atoms with Gasteiger partial charge in [-0.2, -0.15) is 5.26 Å². The lowest BCUT2D eigenvalue weighted by molar-refractivity contribution is 0.585. The van der Waals surface area contributed by atoms with Gasteiger partial charge in [0.25, 0.3) is 0 Å². The van der Waals surface area contributed by atoms with Crippen molar-refractivity contribution in [2.24, 2.45) is 0 Å². The molecular formula is C20H30N2O2S2. The Kier molecular flexibility index (Phi) is 8.94. The van der Waals surface area contributed by atoms with Gasteiger partial charge in [0.15, 0.2) is 9.84 Å². The van der Waals surface area contributed by atoms with Gasteiger partial charge in [0.05, 0.1) is 17.1 Å². The Labute approximate surface area is 162 Å². The number of nitrogens with zero attached hydrogens (tertiary/aromatic N) is 2. The maximum atomic E-state index is 12.2. The molecule has 0 aliphatic heterocycles. The van der Waals surface area contributed by atoms with Gasteiger partial charge < -0.3 is 0 Å². The number of fused-ring (bicyclic) bond motifs is 1. The summed E-state index contributed by atoms with van der Waals surface area (Å²) in [6, 6.07) is 4.17. The first kappa shape index (κ1) is 21.2. The van der Waals surface area contributed by atoms with Gasteiger partial charge in [-0.15, -0.1) is 11.8 Å². The second-order valence-corrected chi connectivity index (χ2v) is 10.4. The molecule has 1 aliphatic carbocycles. The molecule has 0 radical (unpaired) electrons. The van der Waals surface area contributed by atoms with Crippen LogP contribution in [-0.4, -0.2) is 30.7 Å². The molecule has 0 saturated heterocycles. The standard InChI is InChI=1S/C20H30N2O2S2/c1-2-3-4-5-6-9-13-26(23,24)14-12-25-20-18(16-21)15-17-10-7-8-11-19(17)22-20/h15H,2-14H2,1H3. The topological polar surface area (TPSA) is 70.8 Å².